The van der Waals surface area contributed by atoms with Crippen LogP contribution in [-0.4, -0.2) is 0 Å². The van der Waals surface area contributed by atoms with Crippen LogP contribution in [0.4, 0.5) is 17.1 Å². The van der Waals surface area contributed by atoms with Crippen molar-refractivity contribution in [1.82, 2.24) is 0 Å². The number of hydrogen-bond acceptors (Lipinski definition) is 3. The fourth-order valence-electron chi connectivity index (χ4n) is 9.34. The number of fused-ring (bicyclic) bond motifs is 6. The van der Waals surface area contributed by atoms with E-state index in [0.29, 0.717) is 0 Å². The monoisotopic (exact) mass is 805 g/mol. The van der Waals surface area contributed by atoms with Gasteiger partial charge < -0.3 is 13.7 Å². The van der Waals surface area contributed by atoms with Gasteiger partial charge in [-0.3, -0.25) is 0 Å². The maximum atomic E-state index is 6.66. The minimum absolute atomic E-state index is 0.849. The van der Waals surface area contributed by atoms with Crippen LogP contribution in [0.15, 0.2) is 245 Å². The number of furan rings is 2. The molecule has 0 aliphatic heterocycles. The smallest absolute Gasteiger partial charge is 0.159 e. The lowest BCUT2D eigenvalue weighted by Crippen LogP contribution is -2.10. The highest BCUT2D eigenvalue weighted by Gasteiger charge is 2.21. The Morgan fingerprint density at radius 3 is 1.30 bits per heavy atom. The maximum Gasteiger partial charge on any atom is 0.159 e. The van der Waals surface area contributed by atoms with Gasteiger partial charge >= 0.3 is 0 Å². The van der Waals surface area contributed by atoms with Crippen LogP contribution in [0.5, 0.6) is 0 Å². The molecule has 0 saturated heterocycles. The second kappa shape index (κ2) is 15.3. The number of anilines is 3. The minimum atomic E-state index is 0.849. The Morgan fingerprint density at radius 2 is 0.683 bits per heavy atom. The number of benzene rings is 10. The van der Waals surface area contributed by atoms with Gasteiger partial charge in [0.25, 0.3) is 0 Å². The maximum absolute atomic E-state index is 6.66. The van der Waals surface area contributed by atoms with Gasteiger partial charge in [-0.2, -0.15) is 0 Å². The van der Waals surface area contributed by atoms with Crippen molar-refractivity contribution in [1.29, 1.82) is 0 Å². The Bertz CT molecular complexity index is 3620. The zero-order valence-corrected chi connectivity index (χ0v) is 34.3. The van der Waals surface area contributed by atoms with Crippen molar-refractivity contribution < 1.29 is 8.83 Å². The summed E-state index contributed by atoms with van der Waals surface area (Å²) >= 11 is 0. The summed E-state index contributed by atoms with van der Waals surface area (Å²) in [5.41, 5.74) is 18.3. The highest BCUT2D eigenvalue weighted by Crippen LogP contribution is 2.45. The zero-order valence-electron chi connectivity index (χ0n) is 34.3. The number of para-hydroxylation sites is 3. The predicted molar refractivity (Wildman–Crippen MR) is 263 cm³/mol. The number of rotatable bonds is 8. The van der Waals surface area contributed by atoms with Crippen molar-refractivity contribution in [2.75, 3.05) is 4.90 Å². The van der Waals surface area contributed by atoms with E-state index >= 15 is 0 Å². The van der Waals surface area contributed by atoms with Gasteiger partial charge in [-0.25, -0.2) is 0 Å². The summed E-state index contributed by atoms with van der Waals surface area (Å²) in [6.07, 6.45) is 0. The largest absolute Gasteiger partial charge is 0.456 e. The molecule has 0 aliphatic carbocycles. The van der Waals surface area contributed by atoms with E-state index in [0.717, 1.165) is 77.6 Å². The van der Waals surface area contributed by atoms with E-state index in [9.17, 15) is 0 Å². The molecule has 63 heavy (non-hydrogen) atoms. The first-order valence-corrected chi connectivity index (χ1v) is 21.4. The van der Waals surface area contributed by atoms with Crippen molar-refractivity contribution in [3.8, 4) is 55.6 Å². The van der Waals surface area contributed by atoms with Crippen molar-refractivity contribution in [2.45, 2.75) is 0 Å². The average Bonchev–Trinajstić information content (AvgIpc) is 3.94. The summed E-state index contributed by atoms with van der Waals surface area (Å²) in [4.78, 5) is 2.31. The topological polar surface area (TPSA) is 29.5 Å². The van der Waals surface area contributed by atoms with Gasteiger partial charge in [0.05, 0.1) is 5.69 Å². The zero-order chi connectivity index (χ0) is 41.7. The second-order valence-corrected chi connectivity index (χ2v) is 16.0. The Labute approximate surface area is 365 Å². The summed E-state index contributed by atoms with van der Waals surface area (Å²) in [5.74, 6) is 0. The lowest BCUT2D eigenvalue weighted by atomic mass is 9.87. The fraction of sp³-hybridized carbons (Fsp3) is 0. The first-order valence-electron chi connectivity index (χ1n) is 21.4. The van der Waals surface area contributed by atoms with Gasteiger partial charge in [-0.05, 0) is 110 Å². The molecule has 0 N–H and O–H groups in total. The molecule has 0 atom stereocenters. The molecule has 296 valence electrons. The van der Waals surface area contributed by atoms with Gasteiger partial charge in [-0.15, -0.1) is 0 Å². The summed E-state index contributed by atoms with van der Waals surface area (Å²) in [7, 11) is 0. The summed E-state index contributed by atoms with van der Waals surface area (Å²) < 4.78 is 12.8. The Hall–Kier alpha value is -8.40. The molecular weight excluding hydrogens is 767 g/mol. The molecule has 0 amide bonds. The summed E-state index contributed by atoms with van der Waals surface area (Å²) in [6.45, 7) is 0. The third-order valence-electron chi connectivity index (χ3n) is 12.3. The highest BCUT2D eigenvalue weighted by atomic mass is 16.3. The van der Waals surface area contributed by atoms with Crippen LogP contribution >= 0.6 is 0 Å². The third kappa shape index (κ3) is 6.38. The average molecular weight is 806 g/mol. The minimum Gasteiger partial charge on any atom is -0.456 e. The highest BCUT2D eigenvalue weighted by molar-refractivity contribution is 6.10. The van der Waals surface area contributed by atoms with Crippen LogP contribution in [0.25, 0.3) is 99.5 Å². The second-order valence-electron chi connectivity index (χ2n) is 16.0. The van der Waals surface area contributed by atoms with Crippen molar-refractivity contribution in [3.05, 3.63) is 237 Å². The van der Waals surface area contributed by atoms with Crippen LogP contribution < -0.4 is 4.90 Å². The predicted octanol–water partition coefficient (Wildman–Crippen LogP) is 17.3. The fourth-order valence-corrected chi connectivity index (χ4v) is 9.34. The SMILES string of the molecule is c1ccc(-c2ccccc2-c2ccccc2-c2ccccc2-c2ccc(N(c3ccc(-c4ccc5oc6ccccc6c5c4)cc3)c3cccc4c3oc3ccccc34)cc2)cc1. The van der Waals surface area contributed by atoms with E-state index in [4.69, 9.17) is 8.83 Å². The normalized spacial score (nSPS) is 11.5. The molecule has 0 radical (unpaired) electrons. The molecular formula is C60H39NO2. The molecule has 0 aliphatic rings. The van der Waals surface area contributed by atoms with Crippen molar-refractivity contribution in [2.24, 2.45) is 0 Å². The summed E-state index contributed by atoms with van der Waals surface area (Å²) in [6, 6.07) is 84.1. The molecule has 2 heterocycles. The molecule has 0 spiro atoms. The third-order valence-corrected chi connectivity index (χ3v) is 12.3. The van der Waals surface area contributed by atoms with Gasteiger partial charge in [-0.1, -0.05) is 182 Å². The van der Waals surface area contributed by atoms with E-state index in [1.807, 2.05) is 24.3 Å². The van der Waals surface area contributed by atoms with Gasteiger partial charge in [0.15, 0.2) is 5.58 Å². The number of nitrogens with zero attached hydrogens (tertiary/aromatic N) is 1. The molecule has 10 aromatic carbocycles. The van der Waals surface area contributed by atoms with Crippen LogP contribution in [0.3, 0.4) is 0 Å². The van der Waals surface area contributed by atoms with Gasteiger partial charge in [0.2, 0.25) is 0 Å². The van der Waals surface area contributed by atoms with Crippen LogP contribution in [-0.2, 0) is 0 Å². The summed E-state index contributed by atoms with van der Waals surface area (Å²) in [5, 5.41) is 4.43. The van der Waals surface area contributed by atoms with E-state index < -0.39 is 0 Å². The van der Waals surface area contributed by atoms with E-state index in [-0.39, 0.29) is 0 Å². The van der Waals surface area contributed by atoms with Crippen LogP contribution in [0.2, 0.25) is 0 Å². The van der Waals surface area contributed by atoms with Gasteiger partial charge in [0, 0.05) is 32.9 Å². The molecule has 12 rings (SSSR count). The van der Waals surface area contributed by atoms with Crippen molar-refractivity contribution >= 4 is 60.9 Å². The molecule has 0 fully saturated rings. The van der Waals surface area contributed by atoms with E-state index in [1.54, 1.807) is 0 Å². The molecule has 3 nitrogen and oxygen atoms in total. The lowest BCUT2D eigenvalue weighted by molar-refractivity contribution is 0.668. The molecule has 0 unspecified atom stereocenters. The van der Waals surface area contributed by atoms with Crippen LogP contribution in [0, 0.1) is 0 Å². The molecule has 12 aromatic rings. The Balaban J connectivity index is 0.958. The number of hydrogen-bond donors (Lipinski definition) is 0. The van der Waals surface area contributed by atoms with Gasteiger partial charge in [0.1, 0.15) is 16.7 Å². The first-order chi connectivity index (χ1) is 31.2. The first kappa shape index (κ1) is 36.5. The Morgan fingerprint density at radius 1 is 0.254 bits per heavy atom. The van der Waals surface area contributed by atoms with E-state index in [1.165, 1.54) is 38.9 Å². The molecule has 3 heteroatoms. The van der Waals surface area contributed by atoms with Crippen LogP contribution in [0.1, 0.15) is 0 Å². The lowest BCUT2D eigenvalue weighted by Gasteiger charge is -2.26. The Kier molecular flexibility index (Phi) is 8.83. The van der Waals surface area contributed by atoms with Crippen molar-refractivity contribution in [3.63, 3.8) is 0 Å². The van der Waals surface area contributed by atoms with E-state index in [2.05, 4.69) is 217 Å². The molecule has 0 saturated carbocycles. The quantitative estimate of drug-likeness (QED) is 0.153. The molecule has 2 aromatic heterocycles. The molecule has 0 bridgehead atoms. The standard InChI is InChI=1S/C60H39NO2/c1-2-15-41(16-3-1)46-17-4-6-19-48(46)50-21-8-9-22-51(50)49-20-7-5-18-47(49)42-31-36-45(37-32-42)61(56-26-14-25-54-52-23-10-13-28-58(52)63-60(54)56)44-34-29-40(30-35-44)43-33-38-59-55(39-43)53-24-11-12-27-57(53)62-59/h1-39H.